The van der Waals surface area contributed by atoms with Crippen molar-refractivity contribution in [1.82, 2.24) is 19.4 Å². The number of carbonyl (C=O) groups is 2. The zero-order valence-corrected chi connectivity index (χ0v) is 12.7. The second-order valence-electron chi connectivity index (χ2n) is 6.17. The summed E-state index contributed by atoms with van der Waals surface area (Å²) >= 11 is 0. The Morgan fingerprint density at radius 1 is 1.33 bits per heavy atom. The lowest BCUT2D eigenvalue weighted by Crippen LogP contribution is -2.63. The van der Waals surface area contributed by atoms with Crippen molar-refractivity contribution in [2.75, 3.05) is 32.0 Å². The molecule has 1 fully saturated rings. The number of anilines is 1. The topological polar surface area (TPSA) is 70.5 Å². The molecule has 0 atom stereocenters. The Balaban J connectivity index is 1.88. The van der Waals surface area contributed by atoms with Gasteiger partial charge in [-0.2, -0.15) is 0 Å². The molecule has 0 aliphatic carbocycles. The molecule has 0 unspecified atom stereocenters. The SMILES string of the molecule is CN1CCN(C(=O)c2cn3c(n2)NCCC3)C(C)(C)C1=O. The van der Waals surface area contributed by atoms with Crippen LogP contribution in [0.4, 0.5) is 5.95 Å². The molecule has 1 aromatic rings. The first-order chi connectivity index (χ1) is 9.91. The zero-order valence-electron chi connectivity index (χ0n) is 12.7. The van der Waals surface area contributed by atoms with Crippen LogP contribution in [0, 0.1) is 0 Å². The third kappa shape index (κ3) is 2.16. The van der Waals surface area contributed by atoms with Crippen molar-refractivity contribution >= 4 is 17.8 Å². The summed E-state index contributed by atoms with van der Waals surface area (Å²) in [5.41, 5.74) is -0.424. The van der Waals surface area contributed by atoms with Crippen LogP contribution in [0.1, 0.15) is 30.8 Å². The lowest BCUT2D eigenvalue weighted by atomic mass is 9.97. The number of likely N-dealkylation sites (N-methyl/N-ethyl adjacent to an activating group) is 1. The lowest BCUT2D eigenvalue weighted by molar-refractivity contribution is -0.144. The number of hydrogen-bond donors (Lipinski definition) is 1. The monoisotopic (exact) mass is 291 g/mol. The number of imidazole rings is 1. The fraction of sp³-hybridized carbons (Fsp3) is 0.643. The molecule has 2 aliphatic heterocycles. The molecule has 0 saturated carbocycles. The fourth-order valence-corrected chi connectivity index (χ4v) is 2.99. The highest BCUT2D eigenvalue weighted by molar-refractivity contribution is 5.98. The van der Waals surface area contributed by atoms with Gasteiger partial charge in [0, 0.05) is 39.4 Å². The first-order valence-corrected chi connectivity index (χ1v) is 7.30. The summed E-state index contributed by atoms with van der Waals surface area (Å²) < 4.78 is 1.96. The second-order valence-corrected chi connectivity index (χ2v) is 6.17. The molecule has 21 heavy (non-hydrogen) atoms. The van der Waals surface area contributed by atoms with Gasteiger partial charge in [-0.05, 0) is 20.3 Å². The van der Waals surface area contributed by atoms with E-state index in [2.05, 4.69) is 10.3 Å². The average molecular weight is 291 g/mol. The summed E-state index contributed by atoms with van der Waals surface area (Å²) in [6.07, 6.45) is 2.80. The summed E-state index contributed by atoms with van der Waals surface area (Å²) in [7, 11) is 1.77. The van der Waals surface area contributed by atoms with Crippen LogP contribution in [0.3, 0.4) is 0 Å². The molecule has 2 amide bonds. The Morgan fingerprint density at radius 2 is 2.10 bits per heavy atom. The summed E-state index contributed by atoms with van der Waals surface area (Å²) in [6, 6.07) is 0. The molecule has 1 saturated heterocycles. The van der Waals surface area contributed by atoms with Crippen LogP contribution in [0.5, 0.6) is 0 Å². The van der Waals surface area contributed by atoms with Crippen LogP contribution in [0.15, 0.2) is 6.20 Å². The van der Waals surface area contributed by atoms with Crippen LogP contribution < -0.4 is 5.32 Å². The maximum absolute atomic E-state index is 12.7. The predicted molar refractivity (Wildman–Crippen MR) is 78.1 cm³/mol. The molecular formula is C14H21N5O2. The van der Waals surface area contributed by atoms with E-state index < -0.39 is 5.54 Å². The summed E-state index contributed by atoms with van der Waals surface area (Å²) in [6.45, 7) is 6.41. The Bertz CT molecular complexity index is 569. The molecule has 0 aromatic carbocycles. The maximum Gasteiger partial charge on any atom is 0.275 e. The van der Waals surface area contributed by atoms with Gasteiger partial charge in [-0.25, -0.2) is 4.98 Å². The molecule has 0 radical (unpaired) electrons. The van der Waals surface area contributed by atoms with Crippen molar-refractivity contribution in [2.24, 2.45) is 0 Å². The van der Waals surface area contributed by atoms with E-state index in [1.54, 1.807) is 36.9 Å². The van der Waals surface area contributed by atoms with Crippen molar-refractivity contribution in [3.05, 3.63) is 11.9 Å². The number of carbonyl (C=O) groups excluding carboxylic acids is 2. The number of rotatable bonds is 1. The van der Waals surface area contributed by atoms with E-state index in [0.29, 0.717) is 18.8 Å². The van der Waals surface area contributed by atoms with E-state index in [0.717, 1.165) is 25.5 Å². The number of hydrogen-bond acceptors (Lipinski definition) is 4. The van der Waals surface area contributed by atoms with Gasteiger partial charge in [0.15, 0.2) is 0 Å². The fourth-order valence-electron chi connectivity index (χ4n) is 2.99. The van der Waals surface area contributed by atoms with Crippen molar-refractivity contribution < 1.29 is 9.59 Å². The Hall–Kier alpha value is -2.05. The number of nitrogens with one attached hydrogen (secondary N) is 1. The Kier molecular flexibility index (Phi) is 3.15. The van der Waals surface area contributed by atoms with Gasteiger partial charge in [0.25, 0.3) is 5.91 Å². The van der Waals surface area contributed by atoms with Gasteiger partial charge < -0.3 is 19.7 Å². The molecule has 7 heteroatoms. The van der Waals surface area contributed by atoms with E-state index in [1.807, 2.05) is 4.57 Å². The molecule has 3 rings (SSSR count). The molecule has 3 heterocycles. The molecule has 2 aliphatic rings. The Morgan fingerprint density at radius 3 is 2.81 bits per heavy atom. The highest BCUT2D eigenvalue weighted by Crippen LogP contribution is 2.24. The van der Waals surface area contributed by atoms with Gasteiger partial charge in [0.2, 0.25) is 11.9 Å². The number of piperazine rings is 1. The quantitative estimate of drug-likeness (QED) is 0.812. The van der Waals surface area contributed by atoms with E-state index in [1.165, 1.54) is 0 Å². The third-order valence-electron chi connectivity index (χ3n) is 4.30. The van der Waals surface area contributed by atoms with E-state index in [9.17, 15) is 9.59 Å². The number of aryl methyl sites for hydroxylation is 1. The zero-order chi connectivity index (χ0) is 15.2. The summed E-state index contributed by atoms with van der Waals surface area (Å²) in [5.74, 6) is 0.525. The van der Waals surface area contributed by atoms with Gasteiger partial charge in [-0.15, -0.1) is 0 Å². The van der Waals surface area contributed by atoms with Gasteiger partial charge in [0.1, 0.15) is 11.2 Å². The minimum Gasteiger partial charge on any atom is -0.356 e. The lowest BCUT2D eigenvalue weighted by Gasteiger charge is -2.44. The molecule has 0 bridgehead atoms. The van der Waals surface area contributed by atoms with Crippen LogP contribution in [-0.4, -0.2) is 63.4 Å². The molecular weight excluding hydrogens is 270 g/mol. The van der Waals surface area contributed by atoms with E-state index in [-0.39, 0.29) is 11.8 Å². The van der Waals surface area contributed by atoms with Gasteiger partial charge in [0.05, 0.1) is 0 Å². The van der Waals surface area contributed by atoms with Crippen LogP contribution in [0.2, 0.25) is 0 Å². The number of fused-ring (bicyclic) bond motifs is 1. The van der Waals surface area contributed by atoms with E-state index in [4.69, 9.17) is 0 Å². The van der Waals surface area contributed by atoms with Crippen LogP contribution in [-0.2, 0) is 11.3 Å². The standard InChI is InChI=1S/C14H21N5O2/c1-14(2)12(21)17(3)7-8-19(14)11(20)10-9-18-6-4-5-15-13(18)16-10/h9H,4-8H2,1-3H3,(H,15,16). The minimum atomic E-state index is -0.832. The molecule has 1 N–H and O–H groups in total. The minimum absolute atomic E-state index is 0.0378. The average Bonchev–Trinajstić information content (AvgIpc) is 2.88. The normalized spacial score (nSPS) is 21.0. The number of aromatic nitrogens is 2. The van der Waals surface area contributed by atoms with Gasteiger partial charge >= 0.3 is 0 Å². The second kappa shape index (κ2) is 4.75. The molecule has 0 spiro atoms. The Labute approximate surface area is 123 Å². The first kappa shape index (κ1) is 13.9. The van der Waals surface area contributed by atoms with Crippen molar-refractivity contribution in [2.45, 2.75) is 32.4 Å². The first-order valence-electron chi connectivity index (χ1n) is 7.30. The number of amides is 2. The third-order valence-corrected chi connectivity index (χ3v) is 4.30. The largest absolute Gasteiger partial charge is 0.356 e. The van der Waals surface area contributed by atoms with Crippen molar-refractivity contribution in [3.63, 3.8) is 0 Å². The summed E-state index contributed by atoms with van der Waals surface area (Å²) in [5, 5.41) is 3.18. The molecule has 7 nitrogen and oxygen atoms in total. The smallest absolute Gasteiger partial charge is 0.275 e. The molecule has 114 valence electrons. The van der Waals surface area contributed by atoms with Crippen molar-refractivity contribution in [1.29, 1.82) is 0 Å². The van der Waals surface area contributed by atoms with Gasteiger partial charge in [-0.3, -0.25) is 9.59 Å². The van der Waals surface area contributed by atoms with Crippen LogP contribution in [0.25, 0.3) is 0 Å². The van der Waals surface area contributed by atoms with Crippen LogP contribution >= 0.6 is 0 Å². The predicted octanol–water partition coefficient (Wildman–Crippen LogP) is 0.391. The number of nitrogens with zero attached hydrogens (tertiary/aromatic N) is 4. The maximum atomic E-state index is 12.7. The highest BCUT2D eigenvalue weighted by Gasteiger charge is 2.43. The van der Waals surface area contributed by atoms with Crippen molar-refractivity contribution in [3.8, 4) is 0 Å². The highest BCUT2D eigenvalue weighted by atomic mass is 16.2. The molecule has 1 aromatic heterocycles. The van der Waals surface area contributed by atoms with Gasteiger partial charge in [-0.1, -0.05) is 0 Å². The summed E-state index contributed by atoms with van der Waals surface area (Å²) in [4.78, 5) is 32.7. The van der Waals surface area contributed by atoms with E-state index >= 15 is 0 Å².